The van der Waals surface area contributed by atoms with Crippen molar-refractivity contribution in [1.29, 1.82) is 0 Å². The maximum absolute atomic E-state index is 13.2. The second kappa shape index (κ2) is 8.36. The Balaban J connectivity index is 1.33. The van der Waals surface area contributed by atoms with Gasteiger partial charge in [-0.2, -0.15) is 5.10 Å². The zero-order valence-corrected chi connectivity index (χ0v) is 18.9. The number of para-hydroxylation sites is 1. The molecule has 1 aliphatic heterocycles. The first-order valence-corrected chi connectivity index (χ1v) is 11.7. The minimum absolute atomic E-state index is 0.0683. The number of nitrogens with zero attached hydrogens (tertiary/aromatic N) is 4. The van der Waals surface area contributed by atoms with Crippen molar-refractivity contribution in [3.63, 3.8) is 0 Å². The number of hydrogen-bond donors (Lipinski definition) is 1. The predicted octanol–water partition coefficient (Wildman–Crippen LogP) is 5.28. The highest BCUT2D eigenvalue weighted by molar-refractivity contribution is 7.71. The molecular weight excluding hydrogens is 426 g/mol. The van der Waals surface area contributed by atoms with Gasteiger partial charge in [-0.3, -0.25) is 14.5 Å². The van der Waals surface area contributed by atoms with Crippen molar-refractivity contribution in [3.05, 3.63) is 63.9 Å². The third kappa shape index (κ3) is 3.93. The molecule has 0 saturated carbocycles. The Kier molecular flexibility index (Phi) is 5.41. The fourth-order valence-electron chi connectivity index (χ4n) is 4.15. The number of likely N-dealkylation sites (tertiary alicyclic amines) is 1. The van der Waals surface area contributed by atoms with Crippen molar-refractivity contribution < 1.29 is 4.79 Å². The molecular formula is C23H23N5OS2. The van der Waals surface area contributed by atoms with Crippen LogP contribution >= 0.6 is 23.6 Å². The molecule has 3 heterocycles. The molecule has 0 radical (unpaired) electrons. The van der Waals surface area contributed by atoms with Crippen LogP contribution in [0.25, 0.3) is 21.6 Å². The van der Waals surface area contributed by atoms with E-state index in [0.717, 1.165) is 41.3 Å². The van der Waals surface area contributed by atoms with Crippen molar-refractivity contribution >= 4 is 39.7 Å². The van der Waals surface area contributed by atoms with Crippen molar-refractivity contribution in [2.24, 2.45) is 0 Å². The highest BCUT2D eigenvalue weighted by atomic mass is 32.1. The zero-order chi connectivity index (χ0) is 21.4. The molecule has 0 aliphatic carbocycles. The van der Waals surface area contributed by atoms with Gasteiger partial charge in [-0.25, -0.2) is 4.98 Å². The summed E-state index contributed by atoms with van der Waals surface area (Å²) in [4.78, 5) is 20.0. The van der Waals surface area contributed by atoms with E-state index in [1.807, 2.05) is 39.8 Å². The van der Waals surface area contributed by atoms with Gasteiger partial charge in [-0.05, 0) is 44.1 Å². The molecule has 4 aromatic rings. The molecule has 1 aliphatic rings. The van der Waals surface area contributed by atoms with Gasteiger partial charge in [0.25, 0.3) is 0 Å². The average molecular weight is 450 g/mol. The second-order valence-corrected chi connectivity index (χ2v) is 9.33. The van der Waals surface area contributed by atoms with E-state index in [-0.39, 0.29) is 11.9 Å². The number of carbonyl (C=O) groups excluding carboxylic acids is 1. The molecule has 1 saturated heterocycles. The predicted molar refractivity (Wildman–Crippen MR) is 126 cm³/mol. The normalized spacial score (nSPS) is 16.3. The molecule has 8 heteroatoms. The van der Waals surface area contributed by atoms with Crippen molar-refractivity contribution in [2.75, 3.05) is 6.54 Å². The summed E-state index contributed by atoms with van der Waals surface area (Å²) in [6.45, 7) is 3.33. The van der Waals surface area contributed by atoms with Gasteiger partial charge in [-0.15, -0.1) is 11.3 Å². The van der Waals surface area contributed by atoms with Crippen LogP contribution in [0.5, 0.6) is 0 Å². The summed E-state index contributed by atoms with van der Waals surface area (Å²) in [6.07, 6.45) is 2.35. The Morgan fingerprint density at radius 1 is 1.23 bits per heavy atom. The molecule has 1 amide bonds. The number of rotatable bonds is 5. The molecule has 158 valence electrons. The maximum atomic E-state index is 13.2. The van der Waals surface area contributed by atoms with Gasteiger partial charge in [0.15, 0.2) is 10.6 Å². The van der Waals surface area contributed by atoms with E-state index in [0.29, 0.717) is 17.7 Å². The lowest BCUT2D eigenvalue weighted by molar-refractivity contribution is -0.132. The number of nitrogens with one attached hydrogen (secondary N) is 1. The Morgan fingerprint density at radius 3 is 2.84 bits per heavy atom. The monoisotopic (exact) mass is 449 g/mol. The van der Waals surface area contributed by atoms with E-state index in [4.69, 9.17) is 17.2 Å². The van der Waals surface area contributed by atoms with Gasteiger partial charge in [-0.1, -0.05) is 42.0 Å². The van der Waals surface area contributed by atoms with Crippen LogP contribution in [0.15, 0.2) is 48.5 Å². The molecule has 1 fully saturated rings. The van der Waals surface area contributed by atoms with Crippen LogP contribution in [0.1, 0.15) is 35.9 Å². The Bertz CT molecular complexity index is 1250. The summed E-state index contributed by atoms with van der Waals surface area (Å²) >= 11 is 7.13. The average Bonchev–Trinajstić information content (AvgIpc) is 3.50. The molecule has 5 rings (SSSR count). The van der Waals surface area contributed by atoms with Gasteiger partial charge in [0, 0.05) is 25.1 Å². The summed E-state index contributed by atoms with van der Waals surface area (Å²) in [7, 11) is 0. The van der Waals surface area contributed by atoms with Crippen molar-refractivity contribution in [2.45, 2.75) is 38.8 Å². The fourth-order valence-corrected chi connectivity index (χ4v) is 5.49. The summed E-state index contributed by atoms with van der Waals surface area (Å²) in [6, 6.07) is 16.4. The SMILES string of the molecule is Cc1ccc(-c2n[nH]c(=S)n2CCC(=O)N2CCCC2c2nc3ccccc3s2)cc1. The molecule has 31 heavy (non-hydrogen) atoms. The van der Waals surface area contributed by atoms with Gasteiger partial charge >= 0.3 is 0 Å². The topological polar surface area (TPSA) is 66.8 Å². The summed E-state index contributed by atoms with van der Waals surface area (Å²) in [5, 5.41) is 8.30. The summed E-state index contributed by atoms with van der Waals surface area (Å²) in [5.74, 6) is 0.904. The van der Waals surface area contributed by atoms with E-state index >= 15 is 0 Å². The highest BCUT2D eigenvalue weighted by Gasteiger charge is 2.32. The summed E-state index contributed by atoms with van der Waals surface area (Å²) in [5.41, 5.74) is 3.18. The van der Waals surface area contributed by atoms with Crippen LogP contribution < -0.4 is 0 Å². The number of carbonyl (C=O) groups is 1. The highest BCUT2D eigenvalue weighted by Crippen LogP contribution is 2.36. The van der Waals surface area contributed by atoms with Crippen LogP contribution in [0, 0.1) is 11.7 Å². The lowest BCUT2D eigenvalue weighted by Gasteiger charge is -2.23. The molecule has 1 atom stereocenters. The quantitative estimate of drug-likeness (QED) is 0.421. The molecule has 6 nitrogen and oxygen atoms in total. The van der Waals surface area contributed by atoms with E-state index in [2.05, 4.69) is 35.3 Å². The van der Waals surface area contributed by atoms with Crippen LogP contribution in [-0.2, 0) is 11.3 Å². The number of thiazole rings is 1. The van der Waals surface area contributed by atoms with Crippen LogP contribution in [-0.4, -0.2) is 37.1 Å². The number of H-pyrrole nitrogens is 1. The van der Waals surface area contributed by atoms with Crippen LogP contribution in [0.4, 0.5) is 0 Å². The lowest BCUT2D eigenvalue weighted by Crippen LogP contribution is -2.31. The first-order chi connectivity index (χ1) is 15.1. The van der Waals surface area contributed by atoms with Crippen LogP contribution in [0.2, 0.25) is 0 Å². The first-order valence-electron chi connectivity index (χ1n) is 10.5. The minimum atomic E-state index is 0.0683. The molecule has 1 unspecified atom stereocenters. The van der Waals surface area contributed by atoms with Crippen molar-refractivity contribution in [1.82, 2.24) is 24.6 Å². The first kappa shape index (κ1) is 20.1. The van der Waals surface area contributed by atoms with E-state index < -0.39 is 0 Å². The number of benzene rings is 2. The smallest absolute Gasteiger partial charge is 0.224 e. The third-order valence-electron chi connectivity index (χ3n) is 5.79. The number of hydrogen-bond acceptors (Lipinski definition) is 5. The van der Waals surface area contributed by atoms with E-state index in [9.17, 15) is 4.79 Å². The number of aromatic amines is 1. The molecule has 0 spiro atoms. The second-order valence-electron chi connectivity index (χ2n) is 7.89. The van der Waals surface area contributed by atoms with Gasteiger partial charge in [0.2, 0.25) is 5.91 Å². The Morgan fingerprint density at radius 2 is 2.03 bits per heavy atom. The van der Waals surface area contributed by atoms with E-state index in [1.165, 1.54) is 10.3 Å². The number of aryl methyl sites for hydroxylation is 1. The van der Waals surface area contributed by atoms with Gasteiger partial charge < -0.3 is 4.90 Å². The molecule has 0 bridgehead atoms. The largest absolute Gasteiger partial charge is 0.333 e. The number of fused-ring (bicyclic) bond motifs is 1. The molecule has 2 aromatic heterocycles. The number of amides is 1. The van der Waals surface area contributed by atoms with Gasteiger partial charge in [0.1, 0.15) is 5.01 Å². The minimum Gasteiger partial charge on any atom is -0.333 e. The fraction of sp³-hybridized carbons (Fsp3) is 0.304. The molecule has 2 aromatic carbocycles. The van der Waals surface area contributed by atoms with Crippen molar-refractivity contribution in [3.8, 4) is 11.4 Å². The zero-order valence-electron chi connectivity index (χ0n) is 17.2. The Hall–Kier alpha value is -2.84. The number of aromatic nitrogens is 4. The van der Waals surface area contributed by atoms with Gasteiger partial charge in [0.05, 0.1) is 16.3 Å². The maximum Gasteiger partial charge on any atom is 0.224 e. The van der Waals surface area contributed by atoms with E-state index in [1.54, 1.807) is 11.3 Å². The molecule has 1 N–H and O–H groups in total. The third-order valence-corrected chi connectivity index (χ3v) is 7.24. The summed E-state index contributed by atoms with van der Waals surface area (Å²) < 4.78 is 3.62. The van der Waals surface area contributed by atoms with Crippen LogP contribution in [0.3, 0.4) is 0 Å². The Labute approximate surface area is 189 Å². The lowest BCUT2D eigenvalue weighted by atomic mass is 10.1. The standard InChI is InChI=1S/C23H23N5OS2/c1-15-8-10-16(11-9-15)21-25-26-23(30)28(21)14-12-20(29)27-13-4-6-18(27)22-24-17-5-2-3-7-19(17)31-22/h2-3,5,7-11,18H,4,6,12-14H2,1H3,(H,26,30).